The molecule has 5 nitrogen and oxygen atoms in total. The van der Waals surface area contributed by atoms with Crippen LogP contribution in [0, 0.1) is 0 Å². The van der Waals surface area contributed by atoms with Crippen LogP contribution in [-0.4, -0.2) is 36.3 Å². The number of aromatic nitrogens is 1. The Morgan fingerprint density at radius 2 is 2.10 bits per heavy atom. The number of hydrogen-bond acceptors (Lipinski definition) is 5. The number of halogens is 1. The van der Waals surface area contributed by atoms with Crippen molar-refractivity contribution in [3.05, 3.63) is 28.5 Å². The molecule has 1 aromatic rings. The monoisotopic (exact) mass is 342 g/mol. The van der Waals surface area contributed by atoms with Gasteiger partial charge in [-0.1, -0.05) is 5.16 Å². The average Bonchev–Trinajstić information content (AvgIpc) is 2.89. The molecule has 1 atom stereocenters. The van der Waals surface area contributed by atoms with Crippen LogP contribution < -0.4 is 0 Å². The summed E-state index contributed by atoms with van der Waals surface area (Å²) in [5.74, 6) is 0. The van der Waals surface area contributed by atoms with Gasteiger partial charge in [0.15, 0.2) is 6.29 Å². The normalized spacial score (nSPS) is 18.2. The molecule has 0 saturated heterocycles. The van der Waals surface area contributed by atoms with Crippen LogP contribution in [0.1, 0.15) is 32.4 Å². The minimum Gasteiger partial charge on any atom is -0.392 e. The van der Waals surface area contributed by atoms with Crippen molar-refractivity contribution in [2.24, 2.45) is 5.16 Å². The van der Waals surface area contributed by atoms with Gasteiger partial charge in [0.1, 0.15) is 11.8 Å². The first kappa shape index (κ1) is 15.4. The van der Waals surface area contributed by atoms with E-state index in [0.717, 1.165) is 22.3 Å². The summed E-state index contributed by atoms with van der Waals surface area (Å²) in [4.78, 5) is 9.78. The Labute approximate surface area is 127 Å². The van der Waals surface area contributed by atoms with Crippen LogP contribution in [0.5, 0.6) is 0 Å². The summed E-state index contributed by atoms with van der Waals surface area (Å²) in [6.45, 7) is 5.16. The van der Waals surface area contributed by atoms with Gasteiger partial charge in [0.2, 0.25) is 0 Å². The minimum absolute atomic E-state index is 0.0152. The van der Waals surface area contributed by atoms with Crippen LogP contribution in [0.2, 0.25) is 0 Å². The molecule has 0 aliphatic carbocycles. The molecular formula is C14H19BrN2O3. The highest BCUT2D eigenvalue weighted by atomic mass is 79.9. The first-order valence-corrected chi connectivity index (χ1v) is 7.60. The van der Waals surface area contributed by atoms with E-state index in [1.165, 1.54) is 0 Å². The van der Waals surface area contributed by atoms with Gasteiger partial charge < -0.3 is 14.3 Å². The van der Waals surface area contributed by atoms with Crippen molar-refractivity contribution < 1.29 is 14.3 Å². The summed E-state index contributed by atoms with van der Waals surface area (Å²) in [6, 6.07) is 3.87. The highest BCUT2D eigenvalue weighted by molar-refractivity contribution is 9.10. The van der Waals surface area contributed by atoms with Gasteiger partial charge in [0, 0.05) is 36.7 Å². The average molecular weight is 343 g/mol. The van der Waals surface area contributed by atoms with Gasteiger partial charge in [-0.05, 0) is 41.9 Å². The zero-order valence-corrected chi connectivity index (χ0v) is 13.3. The second-order valence-corrected chi connectivity index (χ2v) is 5.32. The predicted molar refractivity (Wildman–Crippen MR) is 79.6 cm³/mol. The van der Waals surface area contributed by atoms with Crippen LogP contribution in [0.3, 0.4) is 0 Å². The summed E-state index contributed by atoms with van der Waals surface area (Å²) in [7, 11) is 0. The molecule has 6 heteroatoms. The maximum absolute atomic E-state index is 5.53. The molecule has 1 unspecified atom stereocenters. The van der Waals surface area contributed by atoms with Crippen LogP contribution >= 0.6 is 15.9 Å². The quantitative estimate of drug-likeness (QED) is 0.714. The molecule has 0 bridgehead atoms. The maximum Gasteiger partial charge on any atom is 0.161 e. The SMILES string of the molecule is CCOC(CC1CC(c2ccc(Br)cn2)=NO1)OCC. The summed E-state index contributed by atoms with van der Waals surface area (Å²) in [6.07, 6.45) is 2.91. The van der Waals surface area contributed by atoms with Crippen molar-refractivity contribution in [3.8, 4) is 0 Å². The molecule has 2 heterocycles. The Morgan fingerprint density at radius 3 is 2.70 bits per heavy atom. The molecule has 2 rings (SSSR count). The number of nitrogens with zero attached hydrogens (tertiary/aromatic N) is 2. The zero-order chi connectivity index (χ0) is 14.4. The van der Waals surface area contributed by atoms with E-state index >= 15 is 0 Å². The molecule has 0 radical (unpaired) electrons. The topological polar surface area (TPSA) is 52.9 Å². The fourth-order valence-electron chi connectivity index (χ4n) is 2.02. The Bertz CT molecular complexity index is 444. The Kier molecular flexibility index (Phi) is 5.94. The van der Waals surface area contributed by atoms with Crippen LogP contribution in [0.15, 0.2) is 28.0 Å². The smallest absolute Gasteiger partial charge is 0.161 e. The van der Waals surface area contributed by atoms with Crippen molar-refractivity contribution in [3.63, 3.8) is 0 Å². The van der Waals surface area contributed by atoms with Gasteiger partial charge in [0.25, 0.3) is 0 Å². The van der Waals surface area contributed by atoms with E-state index in [-0.39, 0.29) is 12.4 Å². The van der Waals surface area contributed by atoms with E-state index in [4.69, 9.17) is 14.3 Å². The van der Waals surface area contributed by atoms with E-state index in [2.05, 4.69) is 26.1 Å². The fourth-order valence-corrected chi connectivity index (χ4v) is 2.26. The highest BCUT2D eigenvalue weighted by Gasteiger charge is 2.26. The molecule has 0 spiro atoms. The lowest BCUT2D eigenvalue weighted by molar-refractivity contribution is -0.155. The molecular weight excluding hydrogens is 324 g/mol. The Morgan fingerprint density at radius 1 is 1.35 bits per heavy atom. The summed E-state index contributed by atoms with van der Waals surface area (Å²) in [5.41, 5.74) is 1.72. The lowest BCUT2D eigenvalue weighted by atomic mass is 10.1. The van der Waals surface area contributed by atoms with Gasteiger partial charge in [-0.2, -0.15) is 0 Å². The second-order valence-electron chi connectivity index (χ2n) is 4.41. The third-order valence-corrected chi connectivity index (χ3v) is 3.39. The molecule has 0 N–H and O–H groups in total. The molecule has 1 aliphatic heterocycles. The van der Waals surface area contributed by atoms with E-state index < -0.39 is 0 Å². The molecule has 20 heavy (non-hydrogen) atoms. The van der Waals surface area contributed by atoms with Crippen molar-refractivity contribution in [1.29, 1.82) is 0 Å². The second kappa shape index (κ2) is 7.71. The predicted octanol–water partition coefficient (Wildman–Crippen LogP) is 3.13. The van der Waals surface area contributed by atoms with Crippen LogP contribution in [-0.2, 0) is 14.3 Å². The van der Waals surface area contributed by atoms with Gasteiger partial charge in [-0.3, -0.25) is 4.98 Å². The first-order chi connectivity index (χ1) is 9.72. The van der Waals surface area contributed by atoms with Crippen LogP contribution in [0.4, 0.5) is 0 Å². The van der Waals surface area contributed by atoms with E-state index in [1.807, 2.05) is 26.0 Å². The molecule has 0 aromatic carbocycles. The standard InChI is InChI=1S/C14H19BrN2O3/c1-3-18-14(19-4-2)8-11-7-13(17-20-11)12-6-5-10(15)9-16-12/h5-6,9,11,14H,3-4,7-8H2,1-2H3. The fraction of sp³-hybridized carbons (Fsp3) is 0.571. The van der Waals surface area contributed by atoms with Crippen LogP contribution in [0.25, 0.3) is 0 Å². The summed E-state index contributed by atoms with van der Waals surface area (Å²) in [5, 5.41) is 4.12. The summed E-state index contributed by atoms with van der Waals surface area (Å²) >= 11 is 3.37. The largest absolute Gasteiger partial charge is 0.392 e. The molecule has 1 aromatic heterocycles. The van der Waals surface area contributed by atoms with Gasteiger partial charge in [-0.15, -0.1) is 0 Å². The number of rotatable bonds is 7. The van der Waals surface area contributed by atoms with Crippen molar-refractivity contribution in [2.75, 3.05) is 13.2 Å². The van der Waals surface area contributed by atoms with Crippen molar-refractivity contribution in [1.82, 2.24) is 4.98 Å². The van der Waals surface area contributed by atoms with E-state index in [9.17, 15) is 0 Å². The summed E-state index contributed by atoms with van der Waals surface area (Å²) < 4.78 is 12.0. The zero-order valence-electron chi connectivity index (χ0n) is 11.7. The number of oxime groups is 1. The lowest BCUT2D eigenvalue weighted by Crippen LogP contribution is -2.24. The van der Waals surface area contributed by atoms with Gasteiger partial charge in [-0.25, -0.2) is 0 Å². The third-order valence-electron chi connectivity index (χ3n) is 2.92. The highest BCUT2D eigenvalue weighted by Crippen LogP contribution is 2.21. The molecule has 1 aliphatic rings. The van der Waals surface area contributed by atoms with E-state index in [1.54, 1.807) is 6.20 Å². The maximum atomic E-state index is 5.53. The van der Waals surface area contributed by atoms with Crippen molar-refractivity contribution in [2.45, 2.75) is 39.1 Å². The lowest BCUT2D eigenvalue weighted by Gasteiger charge is -2.19. The first-order valence-electron chi connectivity index (χ1n) is 6.80. The number of hydrogen-bond donors (Lipinski definition) is 0. The van der Waals surface area contributed by atoms with Gasteiger partial charge >= 0.3 is 0 Å². The molecule has 110 valence electrons. The van der Waals surface area contributed by atoms with Crippen molar-refractivity contribution >= 4 is 21.6 Å². The molecule has 0 saturated carbocycles. The van der Waals surface area contributed by atoms with E-state index in [0.29, 0.717) is 19.6 Å². The number of ether oxygens (including phenoxy) is 2. The van der Waals surface area contributed by atoms with Gasteiger partial charge in [0.05, 0.1) is 5.69 Å². The Hall–Kier alpha value is -0.980. The minimum atomic E-state index is -0.234. The third kappa shape index (κ3) is 4.26. The Balaban J connectivity index is 1.88. The molecule has 0 fully saturated rings. The molecule has 0 amide bonds. The number of pyridine rings is 1.